The molecule has 2 N–H and O–H groups in total. The molecule has 1 aliphatic rings. The number of hydrogen-bond donors (Lipinski definition) is 2. The number of carbonyl (C=O) groups is 1. The number of hydrogen-bond acceptors (Lipinski definition) is 3. The van der Waals surface area contributed by atoms with Gasteiger partial charge in [0.25, 0.3) is 0 Å². The highest BCUT2D eigenvalue weighted by atomic mass is 32.2. The highest BCUT2D eigenvalue weighted by Gasteiger charge is 2.19. The largest absolute Gasteiger partial charge is 0.368 e. The van der Waals surface area contributed by atoms with Crippen molar-refractivity contribution in [3.63, 3.8) is 0 Å². The third kappa shape index (κ3) is 4.23. The Bertz CT molecular complexity index is 547. The second kappa shape index (κ2) is 6.97. The van der Waals surface area contributed by atoms with Gasteiger partial charge in [-0.05, 0) is 12.1 Å². The van der Waals surface area contributed by atoms with Gasteiger partial charge in [-0.25, -0.2) is 13.3 Å². The third-order valence-corrected chi connectivity index (χ3v) is 3.90. The van der Waals surface area contributed by atoms with E-state index < -0.39 is 17.1 Å². The fourth-order valence-corrected chi connectivity index (χ4v) is 2.57. The zero-order valence-electron chi connectivity index (χ0n) is 11.7. The number of halogens is 1. The molecule has 1 aromatic rings. The van der Waals surface area contributed by atoms with E-state index in [2.05, 4.69) is 4.72 Å². The average molecular weight is 315 g/mol. The standard InChI is InChI=1S/C13H18FN3O3S/c1-10(18)16-4-6-17(7-5-16)12-3-2-11(13(14)8-12)9-15-21(19)20/h2-3,8,15H,4-7,9H2,1H3,(H,19,20). The van der Waals surface area contributed by atoms with Crippen LogP contribution in [-0.2, 0) is 22.6 Å². The molecule has 1 fully saturated rings. The Morgan fingerprint density at radius 1 is 1.38 bits per heavy atom. The molecule has 1 amide bonds. The minimum absolute atomic E-state index is 0.00661. The minimum Gasteiger partial charge on any atom is -0.368 e. The van der Waals surface area contributed by atoms with Gasteiger partial charge in [-0.3, -0.25) is 9.35 Å². The molecule has 6 nitrogen and oxygen atoms in total. The fraction of sp³-hybridized carbons (Fsp3) is 0.462. The minimum atomic E-state index is -2.16. The van der Waals surface area contributed by atoms with Crippen LogP contribution in [0.15, 0.2) is 18.2 Å². The van der Waals surface area contributed by atoms with Crippen molar-refractivity contribution in [1.29, 1.82) is 0 Å². The van der Waals surface area contributed by atoms with E-state index >= 15 is 0 Å². The lowest BCUT2D eigenvalue weighted by Crippen LogP contribution is -2.48. The Morgan fingerprint density at radius 2 is 2.05 bits per heavy atom. The van der Waals surface area contributed by atoms with Crippen LogP contribution in [0.3, 0.4) is 0 Å². The van der Waals surface area contributed by atoms with Crippen LogP contribution in [-0.4, -0.2) is 45.7 Å². The highest BCUT2D eigenvalue weighted by Crippen LogP contribution is 2.20. The first-order valence-electron chi connectivity index (χ1n) is 6.60. The monoisotopic (exact) mass is 315 g/mol. The van der Waals surface area contributed by atoms with E-state index in [9.17, 15) is 13.4 Å². The molecule has 0 radical (unpaired) electrons. The summed E-state index contributed by atoms with van der Waals surface area (Å²) >= 11 is -2.16. The maximum absolute atomic E-state index is 13.9. The molecule has 0 saturated carbocycles. The van der Waals surface area contributed by atoms with Gasteiger partial charge in [0.05, 0.1) is 0 Å². The Kier molecular flexibility index (Phi) is 5.27. The summed E-state index contributed by atoms with van der Waals surface area (Å²) in [6.07, 6.45) is 0. The first kappa shape index (κ1) is 15.9. The van der Waals surface area contributed by atoms with Crippen LogP contribution in [0, 0.1) is 5.82 Å². The second-order valence-corrected chi connectivity index (χ2v) is 5.63. The maximum atomic E-state index is 13.9. The molecule has 116 valence electrons. The molecule has 1 aliphatic heterocycles. The summed E-state index contributed by atoms with van der Waals surface area (Å²) in [6.45, 7) is 4.12. The summed E-state index contributed by atoms with van der Waals surface area (Å²) < 4.78 is 35.4. The summed E-state index contributed by atoms with van der Waals surface area (Å²) in [5, 5.41) is 0. The number of carbonyl (C=O) groups excluding carboxylic acids is 1. The van der Waals surface area contributed by atoms with Crippen molar-refractivity contribution in [1.82, 2.24) is 9.62 Å². The van der Waals surface area contributed by atoms with Gasteiger partial charge >= 0.3 is 0 Å². The molecule has 21 heavy (non-hydrogen) atoms. The second-order valence-electron chi connectivity index (χ2n) is 4.84. The van der Waals surface area contributed by atoms with Crippen molar-refractivity contribution in [2.45, 2.75) is 13.5 Å². The molecule has 0 bridgehead atoms. The number of nitrogens with one attached hydrogen (secondary N) is 1. The van der Waals surface area contributed by atoms with E-state index in [1.165, 1.54) is 6.07 Å². The quantitative estimate of drug-likeness (QED) is 0.803. The number of anilines is 1. The van der Waals surface area contributed by atoms with E-state index in [4.69, 9.17) is 4.55 Å². The predicted octanol–water partition coefficient (Wildman–Crippen LogP) is 0.721. The summed E-state index contributed by atoms with van der Waals surface area (Å²) in [6, 6.07) is 4.80. The topological polar surface area (TPSA) is 72.9 Å². The van der Waals surface area contributed by atoms with E-state index in [1.807, 2.05) is 4.90 Å². The first-order chi connectivity index (χ1) is 9.97. The normalized spacial score (nSPS) is 16.9. The zero-order valence-corrected chi connectivity index (χ0v) is 12.5. The van der Waals surface area contributed by atoms with Gasteiger partial charge in [-0.15, -0.1) is 0 Å². The zero-order chi connectivity index (χ0) is 15.4. The molecular formula is C13H18FN3O3S. The number of piperazine rings is 1. The molecule has 2 rings (SSSR count). The van der Waals surface area contributed by atoms with Crippen molar-refractivity contribution in [3.05, 3.63) is 29.6 Å². The number of amides is 1. The molecule has 1 atom stereocenters. The van der Waals surface area contributed by atoms with Gasteiger partial charge in [0.1, 0.15) is 5.82 Å². The Hall–Kier alpha value is -1.51. The van der Waals surface area contributed by atoms with E-state index in [0.717, 1.165) is 5.69 Å². The van der Waals surface area contributed by atoms with Gasteiger partial charge in [0, 0.05) is 50.9 Å². The van der Waals surface area contributed by atoms with Crippen LogP contribution in [0.25, 0.3) is 0 Å². The number of benzene rings is 1. The Labute approximate surface area is 125 Å². The Balaban J connectivity index is 2.00. The van der Waals surface area contributed by atoms with Gasteiger partial charge < -0.3 is 9.80 Å². The lowest BCUT2D eigenvalue weighted by molar-refractivity contribution is -0.129. The van der Waals surface area contributed by atoms with Gasteiger partial charge in [-0.1, -0.05) is 6.07 Å². The predicted molar refractivity (Wildman–Crippen MR) is 78.5 cm³/mol. The first-order valence-corrected chi connectivity index (χ1v) is 7.71. The maximum Gasteiger partial charge on any atom is 0.232 e. The van der Waals surface area contributed by atoms with Crippen molar-refractivity contribution < 1.29 is 17.9 Å². The summed E-state index contributed by atoms with van der Waals surface area (Å²) in [5.74, 6) is -0.362. The van der Waals surface area contributed by atoms with Crippen molar-refractivity contribution in [2.75, 3.05) is 31.1 Å². The molecule has 0 spiro atoms. The summed E-state index contributed by atoms with van der Waals surface area (Å²) in [5.41, 5.74) is 1.09. The van der Waals surface area contributed by atoms with Gasteiger partial charge in [0.2, 0.25) is 17.2 Å². The molecule has 8 heteroatoms. The molecule has 1 saturated heterocycles. The fourth-order valence-electron chi connectivity index (χ4n) is 2.30. The van der Waals surface area contributed by atoms with Crippen molar-refractivity contribution in [2.24, 2.45) is 0 Å². The van der Waals surface area contributed by atoms with Crippen LogP contribution in [0.4, 0.5) is 10.1 Å². The average Bonchev–Trinajstić information content (AvgIpc) is 2.46. The van der Waals surface area contributed by atoms with Gasteiger partial charge in [0.15, 0.2) is 0 Å². The van der Waals surface area contributed by atoms with E-state index in [-0.39, 0.29) is 12.5 Å². The van der Waals surface area contributed by atoms with Crippen molar-refractivity contribution in [3.8, 4) is 0 Å². The van der Waals surface area contributed by atoms with E-state index in [0.29, 0.717) is 31.7 Å². The van der Waals surface area contributed by atoms with Crippen molar-refractivity contribution >= 4 is 22.9 Å². The Morgan fingerprint density at radius 3 is 2.57 bits per heavy atom. The van der Waals surface area contributed by atoms with Crippen LogP contribution in [0.1, 0.15) is 12.5 Å². The van der Waals surface area contributed by atoms with Gasteiger partial charge in [-0.2, -0.15) is 0 Å². The van der Waals surface area contributed by atoms with Crippen LogP contribution in [0.5, 0.6) is 0 Å². The molecule has 1 aromatic carbocycles. The molecule has 0 aromatic heterocycles. The lowest BCUT2D eigenvalue weighted by Gasteiger charge is -2.35. The van der Waals surface area contributed by atoms with Crippen LogP contribution < -0.4 is 9.62 Å². The number of rotatable bonds is 4. The lowest BCUT2D eigenvalue weighted by atomic mass is 10.1. The molecule has 0 aliphatic carbocycles. The number of nitrogens with zero attached hydrogens (tertiary/aromatic N) is 2. The highest BCUT2D eigenvalue weighted by molar-refractivity contribution is 7.77. The third-order valence-electron chi connectivity index (χ3n) is 3.51. The molecular weight excluding hydrogens is 297 g/mol. The molecule has 1 unspecified atom stereocenters. The smallest absolute Gasteiger partial charge is 0.232 e. The summed E-state index contributed by atoms with van der Waals surface area (Å²) in [7, 11) is 0. The van der Waals surface area contributed by atoms with E-state index in [1.54, 1.807) is 24.0 Å². The summed E-state index contributed by atoms with van der Waals surface area (Å²) in [4.78, 5) is 15.0. The van der Waals surface area contributed by atoms with Crippen LogP contribution in [0.2, 0.25) is 0 Å². The molecule has 1 heterocycles. The SMILES string of the molecule is CC(=O)N1CCN(c2ccc(CNS(=O)O)c(F)c2)CC1. The van der Waals surface area contributed by atoms with Crippen LogP contribution >= 0.6 is 0 Å².